The minimum Gasteiger partial charge on any atom is -0.497 e. The van der Waals surface area contributed by atoms with Crippen LogP contribution in [0, 0.1) is 11.8 Å². The summed E-state index contributed by atoms with van der Waals surface area (Å²) in [5, 5.41) is 0. The molecule has 0 unspecified atom stereocenters. The molecule has 4 rings (SSSR count). The van der Waals surface area contributed by atoms with Gasteiger partial charge in [0.05, 0.1) is 14.2 Å². The SMILES string of the molecule is COc1ccc(CC2=C[C@@H]3CC(Cc4ccc(OC)cc4)=C[C@H](C2)C3)cc1. The summed E-state index contributed by atoms with van der Waals surface area (Å²) < 4.78 is 10.5. The molecule has 140 valence electrons. The average Bonchev–Trinajstić information content (AvgIpc) is 2.68. The van der Waals surface area contributed by atoms with Crippen LogP contribution in [0.5, 0.6) is 11.5 Å². The van der Waals surface area contributed by atoms with Gasteiger partial charge in [-0.25, -0.2) is 0 Å². The molecule has 0 saturated heterocycles. The predicted molar refractivity (Wildman–Crippen MR) is 110 cm³/mol. The molecule has 0 fully saturated rings. The van der Waals surface area contributed by atoms with Crippen LogP contribution in [-0.4, -0.2) is 14.2 Å². The lowest BCUT2D eigenvalue weighted by Crippen LogP contribution is -2.20. The van der Waals surface area contributed by atoms with E-state index in [-0.39, 0.29) is 0 Å². The van der Waals surface area contributed by atoms with E-state index in [1.54, 1.807) is 25.4 Å². The number of allylic oxidation sites excluding steroid dienone is 4. The van der Waals surface area contributed by atoms with Crippen LogP contribution in [0.3, 0.4) is 0 Å². The number of methoxy groups -OCH3 is 2. The number of hydrogen-bond acceptors (Lipinski definition) is 2. The molecule has 2 aliphatic rings. The van der Waals surface area contributed by atoms with Gasteiger partial charge in [0, 0.05) is 0 Å². The van der Waals surface area contributed by atoms with Crippen LogP contribution >= 0.6 is 0 Å². The Labute approximate surface area is 162 Å². The second-order valence-electron chi connectivity index (χ2n) is 7.86. The highest BCUT2D eigenvalue weighted by molar-refractivity contribution is 5.34. The van der Waals surface area contributed by atoms with E-state index < -0.39 is 0 Å². The molecular weight excluding hydrogens is 332 g/mol. The van der Waals surface area contributed by atoms with Crippen LogP contribution in [-0.2, 0) is 12.8 Å². The Hall–Kier alpha value is -2.48. The molecule has 2 heteroatoms. The van der Waals surface area contributed by atoms with Crippen LogP contribution < -0.4 is 9.47 Å². The first-order valence-electron chi connectivity index (χ1n) is 9.87. The number of fused-ring (bicyclic) bond motifs is 2. The van der Waals surface area contributed by atoms with Gasteiger partial charge in [0.15, 0.2) is 0 Å². The third kappa shape index (κ3) is 4.44. The monoisotopic (exact) mass is 360 g/mol. The van der Waals surface area contributed by atoms with Crippen LogP contribution in [0.25, 0.3) is 0 Å². The summed E-state index contributed by atoms with van der Waals surface area (Å²) in [5.41, 5.74) is 5.95. The van der Waals surface area contributed by atoms with Crippen molar-refractivity contribution in [3.8, 4) is 11.5 Å². The van der Waals surface area contributed by atoms with Crippen molar-refractivity contribution < 1.29 is 9.47 Å². The summed E-state index contributed by atoms with van der Waals surface area (Å²) in [6.45, 7) is 0. The molecule has 0 saturated carbocycles. The molecule has 0 aliphatic heterocycles. The van der Waals surface area contributed by atoms with Crippen molar-refractivity contribution in [1.29, 1.82) is 0 Å². The maximum Gasteiger partial charge on any atom is 0.118 e. The average molecular weight is 360 g/mol. The predicted octanol–water partition coefficient (Wildman–Crippen LogP) is 5.77. The van der Waals surface area contributed by atoms with Crippen LogP contribution in [0.4, 0.5) is 0 Å². The highest BCUT2D eigenvalue weighted by Gasteiger charge is 2.26. The minimum atomic E-state index is 0.704. The lowest BCUT2D eigenvalue weighted by molar-refractivity contribution is 0.411. The van der Waals surface area contributed by atoms with Crippen molar-refractivity contribution in [3.63, 3.8) is 0 Å². The number of benzene rings is 2. The van der Waals surface area contributed by atoms with Crippen molar-refractivity contribution >= 4 is 0 Å². The fraction of sp³-hybridized carbons (Fsp3) is 0.360. The molecule has 0 aromatic heterocycles. The van der Waals surface area contributed by atoms with Crippen molar-refractivity contribution in [3.05, 3.63) is 83.0 Å². The van der Waals surface area contributed by atoms with Gasteiger partial charge in [-0.15, -0.1) is 0 Å². The molecule has 0 radical (unpaired) electrons. The van der Waals surface area contributed by atoms with E-state index in [0.29, 0.717) is 11.8 Å². The molecule has 0 N–H and O–H groups in total. The third-order valence-corrected chi connectivity index (χ3v) is 5.78. The van der Waals surface area contributed by atoms with E-state index in [4.69, 9.17) is 9.47 Å². The summed E-state index contributed by atoms with van der Waals surface area (Å²) >= 11 is 0. The Kier molecular flexibility index (Phi) is 5.33. The minimum absolute atomic E-state index is 0.704. The quantitative estimate of drug-likeness (QED) is 0.609. The van der Waals surface area contributed by atoms with Crippen molar-refractivity contribution in [2.75, 3.05) is 14.2 Å². The summed E-state index contributed by atoms with van der Waals surface area (Å²) in [4.78, 5) is 0. The first kappa shape index (κ1) is 17.9. The highest BCUT2D eigenvalue weighted by Crippen LogP contribution is 2.39. The van der Waals surface area contributed by atoms with Gasteiger partial charge >= 0.3 is 0 Å². The van der Waals surface area contributed by atoms with Crippen molar-refractivity contribution in [1.82, 2.24) is 0 Å². The Morgan fingerprint density at radius 2 is 1.07 bits per heavy atom. The van der Waals surface area contributed by atoms with Crippen LogP contribution in [0.2, 0.25) is 0 Å². The second-order valence-corrected chi connectivity index (χ2v) is 7.86. The molecular formula is C25H28O2. The number of rotatable bonds is 6. The van der Waals surface area contributed by atoms with Gasteiger partial charge in [-0.1, -0.05) is 47.6 Å². The normalized spacial score (nSPS) is 21.3. The first-order chi connectivity index (χ1) is 13.2. The lowest BCUT2D eigenvalue weighted by Gasteiger charge is -2.33. The van der Waals surface area contributed by atoms with Crippen LogP contribution in [0.1, 0.15) is 30.4 Å². The number of ether oxygens (including phenoxy) is 2. The van der Waals surface area contributed by atoms with Gasteiger partial charge in [0.1, 0.15) is 11.5 Å². The fourth-order valence-corrected chi connectivity index (χ4v) is 4.56. The molecule has 2 aromatic carbocycles. The number of hydrogen-bond donors (Lipinski definition) is 0. The fourth-order valence-electron chi connectivity index (χ4n) is 4.56. The maximum atomic E-state index is 5.26. The van der Waals surface area contributed by atoms with E-state index >= 15 is 0 Å². The highest BCUT2D eigenvalue weighted by atomic mass is 16.5. The molecule has 0 heterocycles. The largest absolute Gasteiger partial charge is 0.497 e. The van der Waals surface area contributed by atoms with E-state index in [0.717, 1.165) is 24.3 Å². The first-order valence-corrected chi connectivity index (χ1v) is 9.87. The molecule has 2 aliphatic carbocycles. The van der Waals surface area contributed by atoms with Gasteiger partial charge in [-0.3, -0.25) is 0 Å². The van der Waals surface area contributed by atoms with E-state index in [1.807, 2.05) is 0 Å². The van der Waals surface area contributed by atoms with E-state index in [1.165, 1.54) is 30.4 Å². The van der Waals surface area contributed by atoms with E-state index in [9.17, 15) is 0 Å². The molecule has 0 amide bonds. The Balaban J connectivity index is 1.39. The summed E-state index contributed by atoms with van der Waals surface area (Å²) in [6.07, 6.45) is 11.0. The Morgan fingerprint density at radius 3 is 1.44 bits per heavy atom. The lowest BCUT2D eigenvalue weighted by atomic mass is 9.72. The second kappa shape index (κ2) is 8.04. The van der Waals surface area contributed by atoms with Crippen LogP contribution in [0.15, 0.2) is 71.8 Å². The zero-order chi connectivity index (χ0) is 18.6. The molecule has 2 aromatic rings. The Morgan fingerprint density at radius 1 is 0.667 bits per heavy atom. The summed E-state index contributed by atoms with van der Waals surface area (Å²) in [6, 6.07) is 17.0. The van der Waals surface area contributed by atoms with E-state index in [2.05, 4.69) is 60.7 Å². The molecule has 0 spiro atoms. The standard InChI is InChI=1S/C25H28O2/c1-26-24-7-3-18(4-8-24)11-20-13-22-15-21(16-23(14-20)17-22)12-19-5-9-25(27-2)10-6-19/h3-10,13,16,22-23H,11-12,14-15,17H2,1-2H3/t22-,23+/m1/s1. The van der Waals surface area contributed by atoms with Gasteiger partial charge in [0.2, 0.25) is 0 Å². The Bertz CT molecular complexity index is 756. The molecule has 27 heavy (non-hydrogen) atoms. The zero-order valence-corrected chi connectivity index (χ0v) is 16.3. The summed E-state index contributed by atoms with van der Waals surface area (Å²) in [5.74, 6) is 3.27. The molecule has 2 nitrogen and oxygen atoms in total. The van der Waals surface area contributed by atoms with Crippen molar-refractivity contribution in [2.45, 2.75) is 32.1 Å². The zero-order valence-electron chi connectivity index (χ0n) is 16.3. The van der Waals surface area contributed by atoms with Gasteiger partial charge in [0.25, 0.3) is 0 Å². The molecule has 2 bridgehead atoms. The van der Waals surface area contributed by atoms with Gasteiger partial charge in [-0.05, 0) is 79.3 Å². The topological polar surface area (TPSA) is 18.5 Å². The summed E-state index contributed by atoms with van der Waals surface area (Å²) in [7, 11) is 3.44. The smallest absolute Gasteiger partial charge is 0.118 e. The van der Waals surface area contributed by atoms with Crippen molar-refractivity contribution in [2.24, 2.45) is 11.8 Å². The van der Waals surface area contributed by atoms with Gasteiger partial charge < -0.3 is 9.47 Å². The molecule has 2 atom stereocenters. The van der Waals surface area contributed by atoms with Gasteiger partial charge in [-0.2, -0.15) is 0 Å². The third-order valence-electron chi connectivity index (χ3n) is 5.78. The maximum absolute atomic E-state index is 5.26.